The lowest BCUT2D eigenvalue weighted by Gasteiger charge is -2.18. The third-order valence-electron chi connectivity index (χ3n) is 2.25. The van der Waals surface area contributed by atoms with Crippen LogP contribution in [0.1, 0.15) is 12.5 Å². The monoisotopic (exact) mass is 212 g/mol. The Balaban J connectivity index is 2.42. The van der Waals surface area contributed by atoms with Crippen molar-refractivity contribution in [3.05, 3.63) is 34.6 Å². The molecule has 1 unspecified atom stereocenters. The van der Waals surface area contributed by atoms with Crippen molar-refractivity contribution in [1.82, 2.24) is 0 Å². The van der Waals surface area contributed by atoms with Crippen LogP contribution in [0.15, 0.2) is 23.2 Å². The fourth-order valence-electron chi connectivity index (χ4n) is 1.32. The van der Waals surface area contributed by atoms with E-state index >= 15 is 0 Å². The molecular weight excluding hydrogens is 205 g/mol. The molecule has 73 valence electrons. The second kappa shape index (κ2) is 3.24. The van der Waals surface area contributed by atoms with Crippen molar-refractivity contribution < 1.29 is 9.13 Å². The predicted molar refractivity (Wildman–Crippen MR) is 52.1 cm³/mol. The average molecular weight is 213 g/mol. The Labute approximate surface area is 86.4 Å². The van der Waals surface area contributed by atoms with Gasteiger partial charge in [0.05, 0.1) is 5.02 Å². The molecule has 2 nitrogen and oxygen atoms in total. The number of hydrogen-bond donors (Lipinski definition) is 0. The van der Waals surface area contributed by atoms with E-state index in [0.717, 1.165) is 5.56 Å². The highest BCUT2D eigenvalue weighted by atomic mass is 35.5. The molecule has 0 aliphatic carbocycles. The van der Waals surface area contributed by atoms with Crippen LogP contribution < -0.4 is 0 Å². The van der Waals surface area contributed by atoms with Crippen LogP contribution in [-0.4, -0.2) is 13.0 Å². The van der Waals surface area contributed by atoms with Crippen LogP contribution in [0.4, 0.5) is 4.39 Å². The van der Waals surface area contributed by atoms with E-state index in [4.69, 9.17) is 16.3 Å². The largest absolute Gasteiger partial charge is 0.471 e. The van der Waals surface area contributed by atoms with Crippen LogP contribution in [0.3, 0.4) is 0 Å². The predicted octanol–water partition coefficient (Wildman–Crippen LogP) is 2.63. The number of aliphatic imine (C=N–C) groups is 1. The summed E-state index contributed by atoms with van der Waals surface area (Å²) in [6.45, 7) is 2.30. The van der Waals surface area contributed by atoms with Gasteiger partial charge in [-0.2, -0.15) is 0 Å². The topological polar surface area (TPSA) is 21.6 Å². The lowest BCUT2D eigenvalue weighted by Crippen LogP contribution is -2.20. The van der Waals surface area contributed by atoms with Crippen molar-refractivity contribution >= 4 is 18.0 Å². The molecule has 0 saturated carbocycles. The summed E-state index contributed by atoms with van der Waals surface area (Å²) >= 11 is 5.68. The number of hydrogen-bond acceptors (Lipinski definition) is 2. The van der Waals surface area contributed by atoms with Gasteiger partial charge in [-0.25, -0.2) is 9.38 Å². The SMILES string of the molecule is CC1(c2ccc(F)c(Cl)c2)CO[C]=N1. The van der Waals surface area contributed by atoms with Crippen molar-refractivity contribution in [3.63, 3.8) is 0 Å². The average Bonchev–Trinajstić information content (AvgIpc) is 2.58. The minimum atomic E-state index is -0.489. The summed E-state index contributed by atoms with van der Waals surface area (Å²) in [4.78, 5) is 4.06. The van der Waals surface area contributed by atoms with Crippen LogP contribution >= 0.6 is 11.6 Å². The van der Waals surface area contributed by atoms with Crippen LogP contribution in [0, 0.1) is 5.82 Å². The van der Waals surface area contributed by atoms with Gasteiger partial charge in [0.2, 0.25) is 0 Å². The van der Waals surface area contributed by atoms with Crippen molar-refractivity contribution in [3.8, 4) is 0 Å². The van der Waals surface area contributed by atoms with Crippen LogP contribution in [-0.2, 0) is 10.3 Å². The highest BCUT2D eigenvalue weighted by Gasteiger charge is 2.30. The molecule has 0 spiro atoms. The summed E-state index contributed by atoms with van der Waals surface area (Å²) in [5.41, 5.74) is 0.339. The zero-order valence-electron chi connectivity index (χ0n) is 7.55. The van der Waals surface area contributed by atoms with Gasteiger partial charge in [0, 0.05) is 0 Å². The molecule has 1 aromatic carbocycles. The Morgan fingerprint density at radius 2 is 2.43 bits per heavy atom. The Morgan fingerprint density at radius 3 is 3.00 bits per heavy atom. The molecule has 0 N–H and O–H groups in total. The summed E-state index contributed by atoms with van der Waals surface area (Å²) in [7, 11) is 0. The maximum atomic E-state index is 12.9. The highest BCUT2D eigenvalue weighted by Crippen LogP contribution is 2.30. The molecule has 1 radical (unpaired) electrons. The fraction of sp³-hybridized carbons (Fsp3) is 0.300. The van der Waals surface area contributed by atoms with E-state index in [2.05, 4.69) is 11.4 Å². The molecule has 2 rings (SSSR count). The molecule has 0 bridgehead atoms. The van der Waals surface area contributed by atoms with Gasteiger partial charge in [0.15, 0.2) is 0 Å². The standard InChI is InChI=1S/C10H8ClFNO/c1-10(5-14-6-13-10)7-2-3-9(12)8(11)4-7/h2-4H,5H2,1H3. The lowest BCUT2D eigenvalue weighted by molar-refractivity contribution is 0.276. The smallest absolute Gasteiger partial charge is 0.274 e. The normalized spacial score (nSPS) is 25.1. The van der Waals surface area contributed by atoms with Gasteiger partial charge in [-0.05, 0) is 24.6 Å². The van der Waals surface area contributed by atoms with Gasteiger partial charge < -0.3 is 4.74 Å². The first-order valence-electron chi connectivity index (χ1n) is 4.16. The zero-order valence-corrected chi connectivity index (χ0v) is 8.31. The molecule has 1 atom stereocenters. The molecule has 1 heterocycles. The number of benzene rings is 1. The van der Waals surface area contributed by atoms with Crippen molar-refractivity contribution in [2.45, 2.75) is 12.5 Å². The first-order chi connectivity index (χ1) is 6.62. The lowest BCUT2D eigenvalue weighted by atomic mass is 9.94. The van der Waals surface area contributed by atoms with E-state index < -0.39 is 11.4 Å². The van der Waals surface area contributed by atoms with Crippen LogP contribution in [0.2, 0.25) is 5.02 Å². The van der Waals surface area contributed by atoms with Crippen molar-refractivity contribution in [1.29, 1.82) is 0 Å². The Kier molecular flexibility index (Phi) is 2.19. The fourth-order valence-corrected chi connectivity index (χ4v) is 1.50. The summed E-state index contributed by atoms with van der Waals surface area (Å²) in [5.74, 6) is -0.425. The van der Waals surface area contributed by atoms with E-state index in [-0.39, 0.29) is 5.02 Å². The third kappa shape index (κ3) is 1.48. The summed E-state index contributed by atoms with van der Waals surface area (Å²) in [6.07, 6.45) is 2.43. The summed E-state index contributed by atoms with van der Waals surface area (Å²) in [6, 6.07) is 4.55. The van der Waals surface area contributed by atoms with Crippen LogP contribution in [0.25, 0.3) is 0 Å². The minimum Gasteiger partial charge on any atom is -0.471 e. The molecule has 0 saturated heterocycles. The summed E-state index contributed by atoms with van der Waals surface area (Å²) < 4.78 is 17.8. The number of rotatable bonds is 1. The van der Waals surface area contributed by atoms with E-state index in [1.165, 1.54) is 6.07 Å². The number of halogens is 2. The highest BCUT2D eigenvalue weighted by molar-refractivity contribution is 6.30. The van der Waals surface area contributed by atoms with E-state index in [1.54, 1.807) is 12.1 Å². The van der Waals surface area contributed by atoms with E-state index in [0.29, 0.717) is 6.61 Å². The Hall–Kier alpha value is -1.09. The van der Waals surface area contributed by atoms with E-state index in [1.807, 2.05) is 6.92 Å². The Bertz CT molecular complexity index is 394. The van der Waals surface area contributed by atoms with E-state index in [9.17, 15) is 4.39 Å². The molecule has 0 fully saturated rings. The zero-order chi connectivity index (χ0) is 10.2. The van der Waals surface area contributed by atoms with Gasteiger partial charge in [-0.3, -0.25) is 0 Å². The molecule has 1 aromatic rings. The molecule has 14 heavy (non-hydrogen) atoms. The molecule has 1 aliphatic heterocycles. The van der Waals surface area contributed by atoms with Crippen molar-refractivity contribution in [2.24, 2.45) is 4.99 Å². The number of ether oxygens (including phenoxy) is 1. The first kappa shape index (κ1) is 9.46. The van der Waals surface area contributed by atoms with Crippen LogP contribution in [0.5, 0.6) is 0 Å². The second-order valence-electron chi connectivity index (χ2n) is 3.39. The molecule has 1 aliphatic rings. The quantitative estimate of drug-likeness (QED) is 0.701. The maximum absolute atomic E-state index is 12.9. The van der Waals surface area contributed by atoms with Gasteiger partial charge in [-0.1, -0.05) is 17.7 Å². The number of nitrogens with zero attached hydrogens (tertiary/aromatic N) is 1. The molecular formula is C10H8ClFNO. The second-order valence-corrected chi connectivity index (χ2v) is 3.80. The molecule has 4 heteroatoms. The van der Waals surface area contributed by atoms with Gasteiger partial charge in [0.1, 0.15) is 18.0 Å². The van der Waals surface area contributed by atoms with Gasteiger partial charge in [0.25, 0.3) is 6.40 Å². The van der Waals surface area contributed by atoms with Gasteiger partial charge in [-0.15, -0.1) is 0 Å². The van der Waals surface area contributed by atoms with Crippen molar-refractivity contribution in [2.75, 3.05) is 6.61 Å². The molecule has 0 amide bonds. The maximum Gasteiger partial charge on any atom is 0.274 e. The Morgan fingerprint density at radius 1 is 1.64 bits per heavy atom. The first-order valence-corrected chi connectivity index (χ1v) is 4.54. The molecule has 0 aromatic heterocycles. The van der Waals surface area contributed by atoms with Gasteiger partial charge >= 0.3 is 0 Å². The third-order valence-corrected chi connectivity index (χ3v) is 2.54. The minimum absolute atomic E-state index is 0.103. The summed E-state index contributed by atoms with van der Waals surface area (Å²) in [5, 5.41) is 0.103.